The summed E-state index contributed by atoms with van der Waals surface area (Å²) in [6.07, 6.45) is 6.96. The van der Waals surface area contributed by atoms with E-state index in [0.29, 0.717) is 17.4 Å². The molecule has 1 aliphatic rings. The van der Waals surface area contributed by atoms with Crippen molar-refractivity contribution in [1.82, 2.24) is 20.1 Å². The van der Waals surface area contributed by atoms with E-state index >= 15 is 0 Å². The predicted molar refractivity (Wildman–Crippen MR) is 155 cm³/mol. The molecule has 0 radical (unpaired) electrons. The Morgan fingerprint density at radius 2 is 1.73 bits per heavy atom. The number of carbonyl (C=O) groups excluding carboxylic acids is 1. The molecule has 0 bridgehead atoms. The topological polar surface area (TPSA) is 98.2 Å². The first-order valence-electron chi connectivity index (χ1n) is 12.7. The molecule has 37 heavy (non-hydrogen) atoms. The van der Waals surface area contributed by atoms with Gasteiger partial charge in [0.1, 0.15) is 16.9 Å². The van der Waals surface area contributed by atoms with Crippen LogP contribution in [-0.2, 0) is 4.79 Å². The van der Waals surface area contributed by atoms with E-state index in [0.717, 1.165) is 53.5 Å². The monoisotopic (exact) mass is 562 g/mol. The second-order valence-corrected chi connectivity index (χ2v) is 11.0. The van der Waals surface area contributed by atoms with Crippen LogP contribution in [0.1, 0.15) is 84.2 Å². The first-order valence-corrected chi connectivity index (χ1v) is 13.9. The normalized spacial score (nSPS) is 14.3. The highest BCUT2D eigenvalue weighted by atomic mass is 35.5. The number of carbonyl (C=O) groups is 1. The lowest BCUT2D eigenvalue weighted by atomic mass is 9.99. The second kappa shape index (κ2) is 13.5. The minimum Gasteiger partial charge on any atom is -0.356 e. The zero-order chi connectivity index (χ0) is 25.7. The van der Waals surface area contributed by atoms with Crippen LogP contribution in [0.3, 0.4) is 0 Å². The molecule has 4 rings (SSSR count). The van der Waals surface area contributed by atoms with Crippen molar-refractivity contribution in [1.29, 1.82) is 0 Å². The van der Waals surface area contributed by atoms with Gasteiger partial charge in [0.15, 0.2) is 5.82 Å². The highest BCUT2D eigenvalue weighted by Gasteiger charge is 2.32. The summed E-state index contributed by atoms with van der Waals surface area (Å²) in [5.74, 6) is 1.47. The average molecular weight is 564 g/mol. The number of nitrogens with zero attached hydrogens (tertiary/aromatic N) is 4. The SMILES string of the molecule is Cc1sc2c(c1C)C(c1ccc(Cl)cc1)=N[C@@H](CC(=O)NCCCCCCCCN)c1nnc(C)n1-2.Cl. The van der Waals surface area contributed by atoms with Crippen LogP contribution in [0.2, 0.25) is 5.02 Å². The number of aromatic nitrogens is 3. The number of unbranched alkanes of at least 4 members (excludes halogenated alkanes) is 5. The van der Waals surface area contributed by atoms with Crippen LogP contribution >= 0.6 is 35.3 Å². The molecule has 3 aromatic rings. The van der Waals surface area contributed by atoms with Crippen molar-refractivity contribution in [3.63, 3.8) is 0 Å². The van der Waals surface area contributed by atoms with Crippen LogP contribution < -0.4 is 11.1 Å². The number of halogens is 2. The molecule has 3 N–H and O–H groups in total. The van der Waals surface area contributed by atoms with Crippen molar-refractivity contribution in [3.8, 4) is 5.00 Å². The Labute approximate surface area is 234 Å². The Kier molecular flexibility index (Phi) is 10.7. The summed E-state index contributed by atoms with van der Waals surface area (Å²) in [5.41, 5.74) is 9.64. The number of aryl methyl sites for hydroxylation is 2. The minimum atomic E-state index is -0.438. The van der Waals surface area contributed by atoms with Crippen molar-refractivity contribution >= 4 is 47.0 Å². The number of nitrogens with two attached hydrogens (primary N) is 1. The van der Waals surface area contributed by atoms with Crippen LogP contribution in [0, 0.1) is 20.8 Å². The molecular formula is C27H36Cl2N6OS. The Bertz CT molecular complexity index is 1230. The van der Waals surface area contributed by atoms with Gasteiger partial charge in [0, 0.05) is 27.6 Å². The van der Waals surface area contributed by atoms with Crippen LogP contribution in [-0.4, -0.2) is 39.5 Å². The highest BCUT2D eigenvalue weighted by Crippen LogP contribution is 2.39. The maximum atomic E-state index is 13.0. The summed E-state index contributed by atoms with van der Waals surface area (Å²) in [6, 6.07) is 7.29. The third-order valence-corrected chi connectivity index (χ3v) is 8.13. The quantitative estimate of drug-likeness (QED) is 0.279. The van der Waals surface area contributed by atoms with E-state index in [1.54, 1.807) is 11.3 Å². The van der Waals surface area contributed by atoms with Crippen molar-refractivity contribution in [2.45, 2.75) is 71.8 Å². The van der Waals surface area contributed by atoms with Gasteiger partial charge in [-0.3, -0.25) is 14.4 Å². The first kappa shape index (κ1) is 29.3. The third kappa shape index (κ3) is 6.79. The summed E-state index contributed by atoms with van der Waals surface area (Å²) in [7, 11) is 0. The van der Waals surface area contributed by atoms with Gasteiger partial charge in [-0.2, -0.15) is 0 Å². The summed E-state index contributed by atoms with van der Waals surface area (Å²) >= 11 is 7.89. The number of hydrogen-bond donors (Lipinski definition) is 2. The van der Waals surface area contributed by atoms with Gasteiger partial charge in [-0.15, -0.1) is 33.9 Å². The number of thiophene rings is 1. The maximum Gasteiger partial charge on any atom is 0.222 e. The summed E-state index contributed by atoms with van der Waals surface area (Å²) in [5, 5.41) is 13.6. The molecule has 7 nitrogen and oxygen atoms in total. The number of benzene rings is 1. The van der Waals surface area contributed by atoms with E-state index in [9.17, 15) is 4.79 Å². The molecule has 0 unspecified atom stereocenters. The fourth-order valence-electron chi connectivity index (χ4n) is 4.58. The van der Waals surface area contributed by atoms with Gasteiger partial charge in [-0.1, -0.05) is 49.4 Å². The number of fused-ring (bicyclic) bond motifs is 3. The van der Waals surface area contributed by atoms with E-state index in [2.05, 4.69) is 33.9 Å². The lowest BCUT2D eigenvalue weighted by molar-refractivity contribution is -0.121. The molecular weight excluding hydrogens is 527 g/mol. The zero-order valence-corrected chi connectivity index (χ0v) is 24.1. The van der Waals surface area contributed by atoms with Gasteiger partial charge in [0.25, 0.3) is 0 Å². The summed E-state index contributed by atoms with van der Waals surface area (Å²) in [4.78, 5) is 19.3. The van der Waals surface area contributed by atoms with E-state index in [1.165, 1.54) is 29.7 Å². The second-order valence-electron chi connectivity index (χ2n) is 9.37. The molecule has 200 valence electrons. The van der Waals surface area contributed by atoms with Crippen LogP contribution in [0.25, 0.3) is 5.00 Å². The lowest BCUT2D eigenvalue weighted by Crippen LogP contribution is -2.26. The molecule has 1 aliphatic heterocycles. The van der Waals surface area contributed by atoms with Crippen molar-refractivity contribution in [2.24, 2.45) is 10.7 Å². The molecule has 10 heteroatoms. The standard InChI is InChI=1S/C27H35ClN6OS.ClH/c1-17-18(2)36-27-24(17)25(20-10-12-21(28)13-11-20)31-22(26-33-32-19(3)34(26)27)16-23(35)30-15-9-7-5-4-6-8-14-29;/h10-13,22H,4-9,14-16,29H2,1-3H3,(H,30,35);1H/t22-;/m0./s1. The number of hydrogen-bond acceptors (Lipinski definition) is 6. The molecule has 1 atom stereocenters. The number of amides is 1. The van der Waals surface area contributed by atoms with Crippen molar-refractivity contribution in [2.75, 3.05) is 13.1 Å². The molecule has 0 saturated heterocycles. The van der Waals surface area contributed by atoms with Gasteiger partial charge in [0.05, 0.1) is 12.1 Å². The zero-order valence-electron chi connectivity index (χ0n) is 21.7. The van der Waals surface area contributed by atoms with Crippen LogP contribution in [0.15, 0.2) is 29.3 Å². The van der Waals surface area contributed by atoms with E-state index in [4.69, 9.17) is 22.3 Å². The van der Waals surface area contributed by atoms with Gasteiger partial charge >= 0.3 is 0 Å². The number of rotatable bonds is 11. The molecule has 1 aromatic carbocycles. The number of nitrogens with one attached hydrogen (secondary N) is 1. The maximum absolute atomic E-state index is 13.0. The average Bonchev–Trinajstić information content (AvgIpc) is 3.33. The van der Waals surface area contributed by atoms with Crippen molar-refractivity contribution in [3.05, 3.63) is 62.5 Å². The molecule has 0 aliphatic carbocycles. The lowest BCUT2D eigenvalue weighted by Gasteiger charge is -2.13. The first-order chi connectivity index (χ1) is 17.4. The van der Waals surface area contributed by atoms with E-state index < -0.39 is 6.04 Å². The summed E-state index contributed by atoms with van der Waals surface area (Å²) < 4.78 is 2.08. The molecule has 2 aromatic heterocycles. The minimum absolute atomic E-state index is 0. The Morgan fingerprint density at radius 3 is 2.43 bits per heavy atom. The Hall–Kier alpha value is -2.26. The Morgan fingerprint density at radius 1 is 1.05 bits per heavy atom. The van der Waals surface area contributed by atoms with Gasteiger partial charge < -0.3 is 11.1 Å². The summed E-state index contributed by atoms with van der Waals surface area (Å²) in [6.45, 7) is 7.63. The van der Waals surface area contributed by atoms with Crippen molar-refractivity contribution < 1.29 is 4.79 Å². The fraction of sp³-hybridized carbons (Fsp3) is 0.481. The van der Waals surface area contributed by atoms with E-state index in [-0.39, 0.29) is 24.7 Å². The van der Waals surface area contributed by atoms with E-state index in [1.807, 2.05) is 31.2 Å². The Balaban J connectivity index is 0.00000380. The molecule has 0 saturated carbocycles. The number of aliphatic imine (C=N–C) groups is 1. The fourth-order valence-corrected chi connectivity index (χ4v) is 5.92. The van der Waals surface area contributed by atoms with Gasteiger partial charge in [0.2, 0.25) is 5.91 Å². The smallest absolute Gasteiger partial charge is 0.222 e. The van der Waals surface area contributed by atoms with Gasteiger partial charge in [-0.05, 0) is 57.9 Å². The molecule has 1 amide bonds. The molecule has 3 heterocycles. The highest BCUT2D eigenvalue weighted by molar-refractivity contribution is 7.15. The van der Waals surface area contributed by atoms with Crippen LogP contribution in [0.5, 0.6) is 0 Å². The predicted octanol–water partition coefficient (Wildman–Crippen LogP) is 6.03. The van der Waals surface area contributed by atoms with Crippen LogP contribution in [0.4, 0.5) is 0 Å². The third-order valence-electron chi connectivity index (χ3n) is 6.69. The van der Waals surface area contributed by atoms with Gasteiger partial charge in [-0.25, -0.2) is 0 Å². The molecule has 0 fully saturated rings. The largest absolute Gasteiger partial charge is 0.356 e. The molecule has 0 spiro atoms.